The summed E-state index contributed by atoms with van der Waals surface area (Å²) >= 11 is 0. The van der Waals surface area contributed by atoms with Crippen molar-refractivity contribution in [2.75, 3.05) is 0 Å². The van der Waals surface area contributed by atoms with E-state index < -0.39 is 0 Å². The Bertz CT molecular complexity index is 600. The van der Waals surface area contributed by atoms with E-state index in [-0.39, 0.29) is 0 Å². The van der Waals surface area contributed by atoms with Gasteiger partial charge in [0.15, 0.2) is 0 Å². The van der Waals surface area contributed by atoms with E-state index >= 15 is 0 Å². The van der Waals surface area contributed by atoms with Gasteiger partial charge in [0.05, 0.1) is 0 Å². The highest BCUT2D eigenvalue weighted by atomic mass is 14.4. The second-order valence-electron chi connectivity index (χ2n) is 9.50. The van der Waals surface area contributed by atoms with Gasteiger partial charge in [-0.05, 0) is 47.6 Å². The topological polar surface area (TPSA) is 0 Å². The molecule has 0 spiro atoms. The molecule has 0 heteroatoms. The molecular formula is C28H38. The molecule has 4 rings (SSSR count). The molecule has 28 heavy (non-hydrogen) atoms. The Morgan fingerprint density at radius 3 is 1.21 bits per heavy atom. The summed E-state index contributed by atoms with van der Waals surface area (Å²) in [5.41, 5.74) is 3.12. The van der Waals surface area contributed by atoms with Gasteiger partial charge in [-0.1, -0.05) is 125 Å². The SMILES string of the molecule is c1ccc(C[C@H](C2CCCCC2)[C@H](Cc2ccccc2)C2CCCCC2)cc1. The summed E-state index contributed by atoms with van der Waals surface area (Å²) in [5.74, 6) is 3.58. The summed E-state index contributed by atoms with van der Waals surface area (Å²) in [4.78, 5) is 0. The van der Waals surface area contributed by atoms with Crippen LogP contribution in [0.2, 0.25) is 0 Å². The van der Waals surface area contributed by atoms with Crippen molar-refractivity contribution < 1.29 is 0 Å². The normalized spacial score (nSPS) is 21.3. The Labute approximate surface area is 172 Å². The van der Waals surface area contributed by atoms with Gasteiger partial charge in [0, 0.05) is 0 Å². The van der Waals surface area contributed by atoms with Crippen LogP contribution in [-0.4, -0.2) is 0 Å². The summed E-state index contributed by atoms with van der Waals surface area (Å²) in [7, 11) is 0. The maximum Gasteiger partial charge on any atom is -0.0245 e. The summed E-state index contributed by atoms with van der Waals surface area (Å²) in [6, 6.07) is 22.8. The third-order valence-corrected chi connectivity index (χ3v) is 7.69. The largest absolute Gasteiger partial charge is 0.0622 e. The molecule has 0 heterocycles. The minimum Gasteiger partial charge on any atom is -0.0622 e. The molecule has 2 atom stereocenters. The van der Waals surface area contributed by atoms with Gasteiger partial charge in [-0.2, -0.15) is 0 Å². The van der Waals surface area contributed by atoms with Crippen LogP contribution in [0.1, 0.15) is 75.3 Å². The average molecular weight is 375 g/mol. The molecule has 0 radical (unpaired) electrons. The van der Waals surface area contributed by atoms with Gasteiger partial charge in [0.2, 0.25) is 0 Å². The Hall–Kier alpha value is -1.56. The van der Waals surface area contributed by atoms with E-state index in [2.05, 4.69) is 60.7 Å². The Kier molecular flexibility index (Phi) is 7.25. The smallest absolute Gasteiger partial charge is 0.0245 e. The maximum absolute atomic E-state index is 2.37. The number of rotatable bonds is 7. The fourth-order valence-corrected chi connectivity index (χ4v) is 6.23. The van der Waals surface area contributed by atoms with E-state index in [1.165, 1.54) is 77.0 Å². The molecule has 2 aromatic carbocycles. The van der Waals surface area contributed by atoms with E-state index in [9.17, 15) is 0 Å². The van der Waals surface area contributed by atoms with Crippen molar-refractivity contribution in [3.63, 3.8) is 0 Å². The van der Waals surface area contributed by atoms with Crippen LogP contribution in [0.3, 0.4) is 0 Å². The first-order valence-corrected chi connectivity index (χ1v) is 12.0. The maximum atomic E-state index is 2.37. The lowest BCUT2D eigenvalue weighted by Gasteiger charge is -2.41. The van der Waals surface area contributed by atoms with Crippen LogP contribution in [0.15, 0.2) is 60.7 Å². The van der Waals surface area contributed by atoms with Gasteiger partial charge in [0.1, 0.15) is 0 Å². The lowest BCUT2D eigenvalue weighted by molar-refractivity contribution is 0.106. The van der Waals surface area contributed by atoms with Crippen LogP contribution in [0.25, 0.3) is 0 Å². The fourth-order valence-electron chi connectivity index (χ4n) is 6.23. The van der Waals surface area contributed by atoms with E-state index in [1.807, 2.05) is 0 Å². The first-order valence-electron chi connectivity index (χ1n) is 12.0. The average Bonchev–Trinajstić information content (AvgIpc) is 2.79. The lowest BCUT2D eigenvalue weighted by Crippen LogP contribution is -2.34. The summed E-state index contributed by atoms with van der Waals surface area (Å²) < 4.78 is 0. The van der Waals surface area contributed by atoms with Crippen LogP contribution in [-0.2, 0) is 12.8 Å². The molecule has 0 saturated heterocycles. The number of hydrogen-bond donors (Lipinski definition) is 0. The highest BCUT2D eigenvalue weighted by Gasteiger charge is 2.35. The van der Waals surface area contributed by atoms with Gasteiger partial charge < -0.3 is 0 Å². The zero-order valence-corrected chi connectivity index (χ0v) is 17.6. The van der Waals surface area contributed by atoms with Crippen LogP contribution in [0.5, 0.6) is 0 Å². The first kappa shape index (κ1) is 19.7. The van der Waals surface area contributed by atoms with Crippen molar-refractivity contribution in [3.8, 4) is 0 Å². The van der Waals surface area contributed by atoms with Gasteiger partial charge in [-0.15, -0.1) is 0 Å². The second-order valence-corrected chi connectivity index (χ2v) is 9.50. The zero-order valence-electron chi connectivity index (χ0n) is 17.6. The highest BCUT2D eigenvalue weighted by molar-refractivity contribution is 5.18. The Morgan fingerprint density at radius 2 is 0.857 bits per heavy atom. The Morgan fingerprint density at radius 1 is 0.500 bits per heavy atom. The molecule has 0 N–H and O–H groups in total. The fraction of sp³-hybridized carbons (Fsp3) is 0.571. The molecule has 2 aliphatic carbocycles. The zero-order chi connectivity index (χ0) is 19.0. The van der Waals surface area contributed by atoms with Crippen molar-refractivity contribution in [3.05, 3.63) is 71.8 Å². The van der Waals surface area contributed by atoms with Crippen molar-refractivity contribution in [1.82, 2.24) is 0 Å². The highest BCUT2D eigenvalue weighted by Crippen LogP contribution is 2.44. The predicted octanol–water partition coefficient (Wildman–Crippen LogP) is 7.86. The van der Waals surface area contributed by atoms with Crippen LogP contribution >= 0.6 is 0 Å². The standard InChI is InChI=1S/C28H38/c1-5-13-23(14-6-1)21-27(25-17-9-3-10-18-25)28(26-19-11-4-12-20-26)22-24-15-7-2-8-16-24/h1-2,5-8,13-16,25-28H,3-4,9-12,17-22H2/t27-,28-/m1/s1. The van der Waals surface area contributed by atoms with Crippen molar-refractivity contribution in [2.45, 2.75) is 77.0 Å². The first-order chi connectivity index (χ1) is 13.9. The van der Waals surface area contributed by atoms with E-state index in [0.717, 1.165) is 23.7 Å². The predicted molar refractivity (Wildman–Crippen MR) is 120 cm³/mol. The molecule has 0 nitrogen and oxygen atoms in total. The van der Waals surface area contributed by atoms with Crippen LogP contribution in [0.4, 0.5) is 0 Å². The minimum atomic E-state index is 0.853. The third-order valence-electron chi connectivity index (χ3n) is 7.69. The molecule has 2 aromatic rings. The second kappa shape index (κ2) is 10.3. The molecule has 0 amide bonds. The monoisotopic (exact) mass is 374 g/mol. The van der Waals surface area contributed by atoms with Gasteiger partial charge in [-0.3, -0.25) is 0 Å². The minimum absolute atomic E-state index is 0.853. The van der Waals surface area contributed by atoms with E-state index in [4.69, 9.17) is 0 Å². The molecule has 150 valence electrons. The molecule has 0 unspecified atom stereocenters. The molecule has 2 fully saturated rings. The van der Waals surface area contributed by atoms with Gasteiger partial charge in [-0.25, -0.2) is 0 Å². The molecule has 0 aliphatic heterocycles. The summed E-state index contributed by atoms with van der Waals surface area (Å²) in [6.07, 6.45) is 17.2. The van der Waals surface area contributed by atoms with Gasteiger partial charge >= 0.3 is 0 Å². The summed E-state index contributed by atoms with van der Waals surface area (Å²) in [6.45, 7) is 0. The van der Waals surface area contributed by atoms with Gasteiger partial charge in [0.25, 0.3) is 0 Å². The third kappa shape index (κ3) is 5.28. The molecule has 0 aromatic heterocycles. The number of benzene rings is 2. The Balaban J connectivity index is 1.62. The van der Waals surface area contributed by atoms with E-state index in [0.29, 0.717) is 0 Å². The summed E-state index contributed by atoms with van der Waals surface area (Å²) in [5, 5.41) is 0. The molecular weight excluding hydrogens is 336 g/mol. The molecule has 2 saturated carbocycles. The van der Waals surface area contributed by atoms with Crippen molar-refractivity contribution >= 4 is 0 Å². The molecule has 2 aliphatic rings. The molecule has 0 bridgehead atoms. The quantitative estimate of drug-likeness (QED) is 0.462. The number of hydrogen-bond acceptors (Lipinski definition) is 0. The lowest BCUT2D eigenvalue weighted by atomic mass is 9.63. The van der Waals surface area contributed by atoms with Crippen molar-refractivity contribution in [2.24, 2.45) is 23.7 Å². The van der Waals surface area contributed by atoms with Crippen LogP contribution < -0.4 is 0 Å². The van der Waals surface area contributed by atoms with Crippen LogP contribution in [0, 0.1) is 23.7 Å². The van der Waals surface area contributed by atoms with E-state index in [1.54, 1.807) is 11.1 Å². The van der Waals surface area contributed by atoms with Crippen molar-refractivity contribution in [1.29, 1.82) is 0 Å².